The number of amides is 3. The maximum absolute atomic E-state index is 12.7. The number of nitrogens with zero attached hydrogens (tertiary/aromatic N) is 3. The van der Waals surface area contributed by atoms with Gasteiger partial charge in [-0.1, -0.05) is 39.4 Å². The first-order valence-electron chi connectivity index (χ1n) is 8.72. The average molecular weight is 452 g/mol. The summed E-state index contributed by atoms with van der Waals surface area (Å²) in [7, 11) is 0. The van der Waals surface area contributed by atoms with Crippen LogP contribution in [0.15, 0.2) is 28.7 Å². The van der Waals surface area contributed by atoms with E-state index >= 15 is 0 Å². The minimum Gasteiger partial charge on any atom is -0.333 e. The average Bonchev–Trinajstić information content (AvgIpc) is 3.23. The highest BCUT2D eigenvalue weighted by Gasteiger charge is 2.35. The molecule has 1 atom stereocenters. The van der Waals surface area contributed by atoms with Crippen LogP contribution >= 0.6 is 27.3 Å². The van der Waals surface area contributed by atoms with E-state index in [2.05, 4.69) is 36.8 Å². The van der Waals surface area contributed by atoms with Crippen molar-refractivity contribution in [3.8, 4) is 10.6 Å². The lowest BCUT2D eigenvalue weighted by molar-refractivity contribution is -0.119. The fraction of sp³-hybridized carbons (Fsp3) is 0.444. The zero-order valence-electron chi connectivity index (χ0n) is 15.5. The second kappa shape index (κ2) is 7.93. The van der Waals surface area contributed by atoms with Crippen LogP contribution in [0, 0.1) is 0 Å². The Hall–Kier alpha value is -2.00. The van der Waals surface area contributed by atoms with Gasteiger partial charge in [-0.2, -0.15) is 0 Å². The number of likely N-dealkylation sites (tertiary alicyclic amines) is 1. The van der Waals surface area contributed by atoms with E-state index in [1.165, 1.54) is 11.3 Å². The Morgan fingerprint density at radius 1 is 1.22 bits per heavy atom. The molecule has 0 radical (unpaired) electrons. The van der Waals surface area contributed by atoms with Crippen LogP contribution in [0.1, 0.15) is 33.6 Å². The first kappa shape index (κ1) is 19.8. The molecule has 1 unspecified atom stereocenters. The summed E-state index contributed by atoms with van der Waals surface area (Å²) in [5, 5.41) is 15.1. The molecule has 0 aliphatic carbocycles. The Kier molecular flexibility index (Phi) is 5.81. The van der Waals surface area contributed by atoms with E-state index in [4.69, 9.17) is 0 Å². The number of nitrogens with one attached hydrogen (secondary N) is 2. The van der Waals surface area contributed by atoms with Crippen molar-refractivity contribution in [3.05, 3.63) is 28.7 Å². The molecule has 1 aromatic heterocycles. The van der Waals surface area contributed by atoms with Gasteiger partial charge >= 0.3 is 6.03 Å². The molecule has 3 amide bonds. The van der Waals surface area contributed by atoms with Crippen LogP contribution in [-0.2, 0) is 4.79 Å². The summed E-state index contributed by atoms with van der Waals surface area (Å²) >= 11 is 4.71. The molecule has 0 spiro atoms. The van der Waals surface area contributed by atoms with Crippen LogP contribution in [0.3, 0.4) is 0 Å². The molecule has 1 aliphatic rings. The van der Waals surface area contributed by atoms with Gasteiger partial charge in [0.25, 0.3) is 0 Å². The number of hydrogen-bond acceptors (Lipinski definition) is 5. The van der Waals surface area contributed by atoms with Crippen molar-refractivity contribution >= 4 is 44.3 Å². The predicted octanol–water partition coefficient (Wildman–Crippen LogP) is 3.88. The number of hydrogen-bond donors (Lipinski definition) is 2. The van der Waals surface area contributed by atoms with Crippen molar-refractivity contribution in [1.82, 2.24) is 20.4 Å². The van der Waals surface area contributed by atoms with Crippen molar-refractivity contribution in [3.63, 3.8) is 0 Å². The standard InChI is InChI=1S/C18H22BrN5O2S/c1-18(2,3)21-17(26)24-10-4-5-13(24)14(25)20-16-23-22-15(27-16)11-6-8-12(19)9-7-11/h6-9,13H,4-5,10H2,1-3H3,(H,21,26)(H,20,23,25). The number of benzene rings is 1. The SMILES string of the molecule is CC(C)(C)NC(=O)N1CCCC1C(=O)Nc1nnc(-c2ccc(Br)cc2)s1. The minimum absolute atomic E-state index is 0.215. The predicted molar refractivity (Wildman–Crippen MR) is 110 cm³/mol. The van der Waals surface area contributed by atoms with Gasteiger partial charge in [0.05, 0.1) is 0 Å². The summed E-state index contributed by atoms with van der Waals surface area (Å²) in [6.07, 6.45) is 1.44. The van der Waals surface area contributed by atoms with Crippen molar-refractivity contribution in [1.29, 1.82) is 0 Å². The fourth-order valence-electron chi connectivity index (χ4n) is 2.85. The molecule has 1 saturated heterocycles. The topological polar surface area (TPSA) is 87.2 Å². The molecular weight excluding hydrogens is 430 g/mol. The zero-order valence-corrected chi connectivity index (χ0v) is 17.9. The normalized spacial score (nSPS) is 17.0. The van der Waals surface area contributed by atoms with Gasteiger partial charge in [0.1, 0.15) is 11.0 Å². The summed E-state index contributed by atoms with van der Waals surface area (Å²) < 4.78 is 0.985. The van der Waals surface area contributed by atoms with Crippen LogP contribution in [-0.4, -0.2) is 45.2 Å². The third kappa shape index (κ3) is 5.04. The summed E-state index contributed by atoms with van der Waals surface area (Å²) in [6, 6.07) is 7.02. The molecule has 0 bridgehead atoms. The van der Waals surface area contributed by atoms with E-state index in [1.807, 2.05) is 45.0 Å². The second-order valence-electron chi connectivity index (χ2n) is 7.44. The van der Waals surface area contributed by atoms with Gasteiger partial charge in [-0.15, -0.1) is 10.2 Å². The van der Waals surface area contributed by atoms with Crippen LogP contribution in [0.25, 0.3) is 10.6 Å². The van der Waals surface area contributed by atoms with Crippen molar-refractivity contribution < 1.29 is 9.59 Å². The molecule has 2 heterocycles. The highest BCUT2D eigenvalue weighted by Crippen LogP contribution is 2.28. The summed E-state index contributed by atoms with van der Waals surface area (Å²) in [6.45, 7) is 6.32. The lowest BCUT2D eigenvalue weighted by Crippen LogP contribution is -2.52. The summed E-state index contributed by atoms with van der Waals surface area (Å²) in [5.41, 5.74) is 0.586. The van der Waals surface area contributed by atoms with Crippen molar-refractivity contribution in [2.24, 2.45) is 0 Å². The summed E-state index contributed by atoms with van der Waals surface area (Å²) in [5.74, 6) is -0.227. The second-order valence-corrected chi connectivity index (χ2v) is 9.33. The van der Waals surface area contributed by atoms with Gasteiger partial charge in [-0.25, -0.2) is 4.79 Å². The lowest BCUT2D eigenvalue weighted by atomic mass is 10.1. The fourth-order valence-corrected chi connectivity index (χ4v) is 3.86. The van der Waals surface area contributed by atoms with Crippen LogP contribution in [0.2, 0.25) is 0 Å². The van der Waals surface area contributed by atoms with Crippen LogP contribution in [0.5, 0.6) is 0 Å². The largest absolute Gasteiger partial charge is 0.333 e. The van der Waals surface area contributed by atoms with Crippen LogP contribution < -0.4 is 10.6 Å². The Bertz CT molecular complexity index is 831. The van der Waals surface area contributed by atoms with Gasteiger partial charge < -0.3 is 10.2 Å². The molecule has 27 heavy (non-hydrogen) atoms. The molecular formula is C18H22BrN5O2S. The van der Waals surface area contributed by atoms with Gasteiger partial charge in [0, 0.05) is 22.1 Å². The third-order valence-corrected chi connectivity index (χ3v) is 5.46. The van der Waals surface area contributed by atoms with Crippen LogP contribution in [0.4, 0.5) is 9.93 Å². The van der Waals surface area contributed by atoms with E-state index in [1.54, 1.807) is 4.90 Å². The Morgan fingerprint density at radius 3 is 2.59 bits per heavy atom. The van der Waals surface area contributed by atoms with E-state index in [-0.39, 0.29) is 17.5 Å². The molecule has 1 aliphatic heterocycles. The quantitative estimate of drug-likeness (QED) is 0.740. The number of anilines is 1. The Balaban J connectivity index is 1.66. The molecule has 2 N–H and O–H groups in total. The van der Waals surface area contributed by atoms with E-state index in [0.29, 0.717) is 18.1 Å². The number of halogens is 1. The van der Waals surface area contributed by atoms with Gasteiger partial charge in [0.2, 0.25) is 11.0 Å². The number of carbonyl (C=O) groups is 2. The van der Waals surface area contributed by atoms with Crippen molar-refractivity contribution in [2.45, 2.75) is 45.2 Å². The number of carbonyl (C=O) groups excluding carboxylic acids is 2. The molecule has 0 saturated carbocycles. The van der Waals surface area contributed by atoms with E-state index < -0.39 is 6.04 Å². The smallest absolute Gasteiger partial charge is 0.318 e. The van der Waals surface area contributed by atoms with Gasteiger partial charge in [-0.05, 0) is 45.7 Å². The molecule has 1 fully saturated rings. The zero-order chi connectivity index (χ0) is 19.6. The minimum atomic E-state index is -0.493. The van der Waals surface area contributed by atoms with E-state index in [9.17, 15) is 9.59 Å². The lowest BCUT2D eigenvalue weighted by Gasteiger charge is -2.28. The van der Waals surface area contributed by atoms with Gasteiger partial charge in [-0.3, -0.25) is 10.1 Å². The molecule has 1 aromatic carbocycles. The number of urea groups is 1. The van der Waals surface area contributed by atoms with Gasteiger partial charge in [0.15, 0.2) is 0 Å². The highest BCUT2D eigenvalue weighted by molar-refractivity contribution is 9.10. The number of aromatic nitrogens is 2. The first-order chi connectivity index (χ1) is 12.7. The molecule has 9 heteroatoms. The molecule has 2 aromatic rings. The maximum Gasteiger partial charge on any atom is 0.318 e. The molecule has 7 nitrogen and oxygen atoms in total. The first-order valence-corrected chi connectivity index (χ1v) is 10.3. The third-order valence-electron chi connectivity index (χ3n) is 4.04. The Morgan fingerprint density at radius 2 is 1.93 bits per heavy atom. The van der Waals surface area contributed by atoms with E-state index in [0.717, 1.165) is 21.5 Å². The Labute approximate surface area is 170 Å². The van der Waals surface area contributed by atoms with Crippen molar-refractivity contribution in [2.75, 3.05) is 11.9 Å². The monoisotopic (exact) mass is 451 g/mol. The summed E-state index contributed by atoms with van der Waals surface area (Å²) in [4.78, 5) is 26.7. The maximum atomic E-state index is 12.7. The number of rotatable bonds is 3. The molecule has 144 valence electrons. The molecule has 3 rings (SSSR count). The highest BCUT2D eigenvalue weighted by atomic mass is 79.9.